The average molecular weight is 884 g/mol. The first-order valence-corrected chi connectivity index (χ1v) is 24.5. The molecule has 9 aromatic carbocycles. The number of anilines is 3. The molecule has 1 aliphatic heterocycles. The van der Waals surface area contributed by atoms with Crippen molar-refractivity contribution in [1.82, 2.24) is 0 Å². The fourth-order valence-corrected chi connectivity index (χ4v) is 11.7. The minimum atomic E-state index is -3.63. The van der Waals surface area contributed by atoms with Crippen LogP contribution in [-0.4, -0.2) is 16.8 Å². The highest BCUT2D eigenvalue weighted by Gasteiger charge is 2.37. The zero-order valence-electron chi connectivity index (χ0n) is 36.2. The Bertz CT molecular complexity index is 3210. The summed E-state index contributed by atoms with van der Waals surface area (Å²) in [6.45, 7) is 6.76. The molecule has 1 aliphatic rings. The molecular weight excluding hydrogens is 839 g/mol. The highest BCUT2D eigenvalue weighted by molar-refractivity contribution is 7.91. The van der Waals surface area contributed by atoms with Crippen LogP contribution in [0.1, 0.15) is 30.5 Å². The normalized spacial score (nSPS) is 13.2. The second-order valence-corrected chi connectivity index (χ2v) is 20.9. The van der Waals surface area contributed by atoms with Gasteiger partial charge in [-0.15, -0.1) is 0 Å². The fraction of sp³-hybridized carbons (Fsp3) is 0.0690. The fourth-order valence-electron chi connectivity index (χ4n) is 9.18. The van der Waals surface area contributed by atoms with E-state index in [2.05, 4.69) is 135 Å². The number of benzene rings is 9. The van der Waals surface area contributed by atoms with Gasteiger partial charge in [-0.1, -0.05) is 159 Å². The lowest BCUT2D eigenvalue weighted by molar-refractivity contribution is 0.594. The summed E-state index contributed by atoms with van der Waals surface area (Å²) < 4.78 is 53.2. The molecule has 0 amide bonds. The monoisotopic (exact) mass is 883 g/mol. The summed E-state index contributed by atoms with van der Waals surface area (Å²) in [6.07, 6.45) is 0. The van der Waals surface area contributed by atoms with Gasteiger partial charge in [0.1, 0.15) is 0 Å². The number of sulfone groups is 2. The van der Waals surface area contributed by atoms with E-state index in [1.807, 2.05) is 36.4 Å². The second-order valence-electron chi connectivity index (χ2n) is 17.0. The minimum Gasteiger partial charge on any atom is -0.310 e. The van der Waals surface area contributed by atoms with E-state index in [-0.39, 0.29) is 25.0 Å². The zero-order valence-corrected chi connectivity index (χ0v) is 37.8. The van der Waals surface area contributed by atoms with Crippen molar-refractivity contribution in [3.05, 3.63) is 235 Å². The molecular formula is C58H45NO4S2. The van der Waals surface area contributed by atoms with Gasteiger partial charge in [0, 0.05) is 11.1 Å². The molecule has 0 atom stereocenters. The van der Waals surface area contributed by atoms with E-state index in [0.717, 1.165) is 67.1 Å². The van der Waals surface area contributed by atoms with Crippen LogP contribution in [0.3, 0.4) is 0 Å². The van der Waals surface area contributed by atoms with Crippen LogP contribution in [-0.2, 0) is 25.1 Å². The van der Waals surface area contributed by atoms with Gasteiger partial charge in [-0.3, -0.25) is 0 Å². The molecule has 0 N–H and O–H groups in total. The predicted octanol–water partition coefficient (Wildman–Crippen LogP) is 14.4. The average Bonchev–Trinajstić information content (AvgIpc) is 3.35. The molecule has 0 unspecified atom stereocenters. The topological polar surface area (TPSA) is 71.5 Å². The van der Waals surface area contributed by atoms with Gasteiger partial charge in [0.05, 0.1) is 31.0 Å². The van der Waals surface area contributed by atoms with Gasteiger partial charge in [0.2, 0.25) is 19.7 Å². The summed E-state index contributed by atoms with van der Waals surface area (Å²) in [6, 6.07) is 70.1. The van der Waals surface area contributed by atoms with Gasteiger partial charge in [-0.2, -0.15) is 0 Å². The molecule has 0 fully saturated rings. The molecule has 0 bridgehead atoms. The summed E-state index contributed by atoms with van der Waals surface area (Å²) in [7, 11) is -7.25. The number of fused-ring (bicyclic) bond motifs is 2. The summed E-state index contributed by atoms with van der Waals surface area (Å²) in [5.74, 6) is 0. The van der Waals surface area contributed by atoms with Gasteiger partial charge in [0.25, 0.3) is 0 Å². The van der Waals surface area contributed by atoms with Crippen LogP contribution >= 0.6 is 0 Å². The number of para-hydroxylation sites is 2. The van der Waals surface area contributed by atoms with Gasteiger partial charge >= 0.3 is 0 Å². The molecule has 0 saturated heterocycles. The number of rotatable bonds is 9. The number of hydrogen-bond acceptors (Lipinski definition) is 5. The van der Waals surface area contributed by atoms with E-state index in [4.69, 9.17) is 0 Å². The van der Waals surface area contributed by atoms with E-state index in [1.165, 1.54) is 11.1 Å². The van der Waals surface area contributed by atoms with Gasteiger partial charge in [-0.25, -0.2) is 16.8 Å². The zero-order chi connectivity index (χ0) is 44.9. The van der Waals surface area contributed by atoms with Crippen molar-refractivity contribution in [3.63, 3.8) is 0 Å². The Morgan fingerprint density at radius 2 is 0.646 bits per heavy atom. The molecule has 0 aliphatic carbocycles. The van der Waals surface area contributed by atoms with Crippen LogP contribution < -0.4 is 4.90 Å². The molecule has 5 nitrogen and oxygen atoms in total. The standard InChI is InChI=1S/C58H45NO4S2/c1-40-52(45-26-22-41(23-27-45)43-30-34-50(35-31-43)64(60,61)48-14-6-4-7-15-48)38-47(59-56-20-12-10-18-54(56)58(2,3)55-19-11-13-21-57(55)59)39-53(40)46-28-24-42(25-29-46)44-32-36-51(37-33-44)65(62,63)49-16-8-5-9-17-49/h4-39H,1-3H3. The Balaban J connectivity index is 1.04. The maximum absolute atomic E-state index is 13.3. The second kappa shape index (κ2) is 16.3. The molecule has 65 heavy (non-hydrogen) atoms. The summed E-state index contributed by atoms with van der Waals surface area (Å²) in [4.78, 5) is 3.45. The van der Waals surface area contributed by atoms with Crippen molar-refractivity contribution >= 4 is 36.7 Å². The predicted molar refractivity (Wildman–Crippen MR) is 264 cm³/mol. The molecule has 0 radical (unpaired) electrons. The van der Waals surface area contributed by atoms with E-state index < -0.39 is 19.7 Å². The Hall–Kier alpha value is -7.32. The first kappa shape index (κ1) is 41.7. The third kappa shape index (κ3) is 7.46. The van der Waals surface area contributed by atoms with Crippen molar-refractivity contribution in [2.45, 2.75) is 45.8 Å². The highest BCUT2D eigenvalue weighted by Crippen LogP contribution is 2.53. The van der Waals surface area contributed by atoms with Crippen LogP contribution in [0.5, 0.6) is 0 Å². The third-order valence-electron chi connectivity index (χ3n) is 12.8. The lowest BCUT2D eigenvalue weighted by atomic mass is 9.73. The lowest BCUT2D eigenvalue weighted by Crippen LogP contribution is -2.30. The summed E-state index contributed by atoms with van der Waals surface area (Å²) in [5.41, 5.74) is 14.8. The molecule has 0 spiro atoms. The maximum atomic E-state index is 13.3. The van der Waals surface area contributed by atoms with E-state index >= 15 is 0 Å². The third-order valence-corrected chi connectivity index (χ3v) is 16.4. The SMILES string of the molecule is Cc1c(-c2ccc(-c3ccc(S(=O)(=O)c4ccccc4)cc3)cc2)cc(N2c3ccccc3C(C)(C)c3ccccc32)cc1-c1ccc(-c2ccc(S(=O)(=O)c3ccccc3)cc2)cc1. The van der Waals surface area contributed by atoms with Crippen LogP contribution in [0.25, 0.3) is 44.5 Å². The van der Waals surface area contributed by atoms with Crippen molar-refractivity contribution in [3.8, 4) is 44.5 Å². The van der Waals surface area contributed by atoms with Crippen LogP contribution in [0.15, 0.2) is 238 Å². The minimum absolute atomic E-state index is 0.209. The molecule has 10 rings (SSSR count). The quantitative estimate of drug-likeness (QED) is 0.144. The molecule has 9 aromatic rings. The Labute approximate surface area is 381 Å². The largest absolute Gasteiger partial charge is 0.310 e. The van der Waals surface area contributed by atoms with Crippen molar-refractivity contribution < 1.29 is 16.8 Å². The van der Waals surface area contributed by atoms with E-state index in [0.29, 0.717) is 0 Å². The lowest BCUT2D eigenvalue weighted by Gasteiger charge is -2.42. The van der Waals surface area contributed by atoms with Crippen molar-refractivity contribution in [1.29, 1.82) is 0 Å². The van der Waals surface area contributed by atoms with Gasteiger partial charge in [-0.05, 0) is 141 Å². The smallest absolute Gasteiger partial charge is 0.206 e. The Morgan fingerprint density at radius 3 is 1.02 bits per heavy atom. The first-order valence-electron chi connectivity index (χ1n) is 21.6. The van der Waals surface area contributed by atoms with Crippen LogP contribution in [0.2, 0.25) is 0 Å². The van der Waals surface area contributed by atoms with Crippen LogP contribution in [0, 0.1) is 6.92 Å². The molecule has 318 valence electrons. The molecule has 1 heterocycles. The van der Waals surface area contributed by atoms with E-state index in [9.17, 15) is 16.8 Å². The Kier molecular flexibility index (Phi) is 10.5. The van der Waals surface area contributed by atoms with Crippen molar-refractivity contribution in [2.75, 3.05) is 4.90 Å². The first-order chi connectivity index (χ1) is 31.4. The summed E-state index contributed by atoms with van der Waals surface area (Å²) >= 11 is 0. The maximum Gasteiger partial charge on any atom is 0.206 e. The number of hydrogen-bond donors (Lipinski definition) is 0. The molecule has 0 aromatic heterocycles. The van der Waals surface area contributed by atoms with Gasteiger partial charge < -0.3 is 4.90 Å². The summed E-state index contributed by atoms with van der Waals surface area (Å²) in [5, 5.41) is 0. The molecule has 0 saturated carbocycles. The Morgan fingerprint density at radius 1 is 0.354 bits per heavy atom. The van der Waals surface area contributed by atoms with Gasteiger partial charge in [0.15, 0.2) is 0 Å². The highest BCUT2D eigenvalue weighted by atomic mass is 32.2. The van der Waals surface area contributed by atoms with E-state index in [1.54, 1.807) is 72.8 Å². The number of nitrogens with zero attached hydrogens (tertiary/aromatic N) is 1. The van der Waals surface area contributed by atoms with Crippen LogP contribution in [0.4, 0.5) is 17.1 Å². The molecule has 7 heteroatoms. The van der Waals surface area contributed by atoms with Crippen molar-refractivity contribution in [2.24, 2.45) is 0 Å².